The maximum Gasteiger partial charge on any atom is 0.310 e. The Bertz CT molecular complexity index is 1100. The molecular formula is C31H42N2O5S. The third-order valence-electron chi connectivity index (χ3n) is 8.56. The van der Waals surface area contributed by atoms with Crippen LogP contribution in [-0.4, -0.2) is 80.1 Å². The summed E-state index contributed by atoms with van der Waals surface area (Å²) < 4.78 is 4.83. The van der Waals surface area contributed by atoms with Gasteiger partial charge in [-0.3, -0.25) is 14.4 Å². The first kappa shape index (κ1) is 29.4. The van der Waals surface area contributed by atoms with Crippen LogP contribution >= 0.6 is 11.8 Å². The molecule has 8 heteroatoms. The van der Waals surface area contributed by atoms with Crippen LogP contribution in [0.2, 0.25) is 0 Å². The van der Waals surface area contributed by atoms with Gasteiger partial charge in [-0.2, -0.15) is 0 Å². The van der Waals surface area contributed by atoms with Gasteiger partial charge in [0.2, 0.25) is 11.8 Å². The molecule has 0 saturated carbocycles. The number of amides is 2. The Balaban J connectivity index is 1.81. The summed E-state index contributed by atoms with van der Waals surface area (Å²) in [5.74, 6) is -2.05. The van der Waals surface area contributed by atoms with E-state index in [-0.39, 0.29) is 42.2 Å². The second-order valence-electron chi connectivity index (χ2n) is 12.0. The molecule has 1 spiro atoms. The van der Waals surface area contributed by atoms with Crippen molar-refractivity contribution < 1.29 is 24.2 Å². The van der Waals surface area contributed by atoms with Crippen molar-refractivity contribution >= 4 is 29.5 Å². The molecule has 39 heavy (non-hydrogen) atoms. The Kier molecular flexibility index (Phi) is 8.67. The Morgan fingerprint density at radius 3 is 2.54 bits per heavy atom. The van der Waals surface area contributed by atoms with Crippen molar-refractivity contribution in [3.8, 4) is 0 Å². The number of likely N-dealkylation sites (tertiary alicyclic amines) is 1. The molecule has 0 aromatic heterocycles. The number of hydrogen-bond acceptors (Lipinski definition) is 6. The molecule has 212 valence electrons. The van der Waals surface area contributed by atoms with E-state index in [2.05, 4.69) is 20.1 Å². The van der Waals surface area contributed by atoms with Crippen LogP contribution in [0.15, 0.2) is 55.6 Å². The number of carbonyl (C=O) groups is 3. The van der Waals surface area contributed by atoms with E-state index in [0.29, 0.717) is 19.4 Å². The smallest absolute Gasteiger partial charge is 0.310 e. The van der Waals surface area contributed by atoms with Crippen molar-refractivity contribution in [2.75, 3.05) is 19.8 Å². The quantitative estimate of drug-likeness (QED) is 0.254. The van der Waals surface area contributed by atoms with Gasteiger partial charge in [-0.15, -0.1) is 24.9 Å². The summed E-state index contributed by atoms with van der Waals surface area (Å²) in [5.41, 5.74) is 0.449. The fourth-order valence-electron chi connectivity index (χ4n) is 6.85. The first-order valence-electron chi connectivity index (χ1n) is 13.9. The van der Waals surface area contributed by atoms with Gasteiger partial charge < -0.3 is 19.6 Å². The first-order chi connectivity index (χ1) is 18.5. The Morgan fingerprint density at radius 2 is 1.95 bits per heavy atom. The highest BCUT2D eigenvalue weighted by molar-refractivity contribution is 8.02. The van der Waals surface area contributed by atoms with Crippen molar-refractivity contribution in [2.24, 2.45) is 17.8 Å². The summed E-state index contributed by atoms with van der Waals surface area (Å²) in [4.78, 5) is 45.9. The predicted octanol–water partition coefficient (Wildman–Crippen LogP) is 3.86. The minimum absolute atomic E-state index is 0.0271. The molecular weight excluding hydrogens is 512 g/mol. The number of rotatable bonds is 11. The lowest BCUT2D eigenvalue weighted by atomic mass is 9.66. The lowest BCUT2D eigenvalue weighted by molar-refractivity contribution is -0.155. The normalized spacial score (nSPS) is 30.1. The Hall–Kier alpha value is -2.58. The van der Waals surface area contributed by atoms with Crippen LogP contribution in [0, 0.1) is 17.8 Å². The van der Waals surface area contributed by atoms with Crippen LogP contribution in [0.5, 0.6) is 0 Å². The molecule has 3 aliphatic rings. The highest BCUT2D eigenvalue weighted by Gasteiger charge is 2.77. The molecule has 3 saturated heterocycles. The van der Waals surface area contributed by atoms with Gasteiger partial charge in [0.1, 0.15) is 6.04 Å². The van der Waals surface area contributed by atoms with Crippen molar-refractivity contribution in [2.45, 2.75) is 74.6 Å². The molecule has 4 rings (SSSR count). The fraction of sp³-hybridized carbons (Fsp3) is 0.581. The van der Waals surface area contributed by atoms with E-state index in [1.807, 2.05) is 51.1 Å². The Morgan fingerprint density at radius 1 is 1.26 bits per heavy atom. The van der Waals surface area contributed by atoms with Gasteiger partial charge in [0.25, 0.3) is 0 Å². The number of aliphatic hydroxyl groups excluding tert-OH is 1. The van der Waals surface area contributed by atoms with Crippen molar-refractivity contribution in [3.63, 3.8) is 0 Å². The van der Waals surface area contributed by atoms with Crippen molar-refractivity contribution in [3.05, 3.63) is 61.2 Å². The predicted molar refractivity (Wildman–Crippen MR) is 154 cm³/mol. The van der Waals surface area contributed by atoms with E-state index < -0.39 is 34.2 Å². The molecule has 2 amide bonds. The summed E-state index contributed by atoms with van der Waals surface area (Å²) in [6, 6.07) is 8.26. The lowest BCUT2D eigenvalue weighted by Gasteiger charge is -2.45. The molecule has 0 aliphatic carbocycles. The summed E-state index contributed by atoms with van der Waals surface area (Å²) in [6.07, 6.45) is 5.07. The molecule has 3 fully saturated rings. The van der Waals surface area contributed by atoms with Gasteiger partial charge in [-0.1, -0.05) is 49.4 Å². The number of hydrogen-bond donors (Lipinski definition) is 1. The van der Waals surface area contributed by atoms with Crippen LogP contribution in [-0.2, 0) is 25.5 Å². The minimum Gasteiger partial charge on any atom is -0.465 e. The van der Waals surface area contributed by atoms with Gasteiger partial charge in [0.05, 0.1) is 35.8 Å². The number of thioether (sulfide) groups is 1. The Labute approximate surface area is 236 Å². The number of carbonyl (C=O) groups excluding carboxylic acids is 3. The fourth-order valence-corrected chi connectivity index (χ4v) is 9.24. The molecule has 3 heterocycles. The average Bonchev–Trinajstić information content (AvgIpc) is 3.49. The van der Waals surface area contributed by atoms with Gasteiger partial charge >= 0.3 is 5.97 Å². The number of ether oxygens (including phenoxy) is 1. The second-order valence-corrected chi connectivity index (χ2v) is 13.5. The molecule has 1 aromatic rings. The highest BCUT2D eigenvalue weighted by Crippen LogP contribution is 2.69. The largest absolute Gasteiger partial charge is 0.465 e. The molecule has 2 bridgehead atoms. The summed E-state index contributed by atoms with van der Waals surface area (Å²) in [6.45, 7) is 15.8. The summed E-state index contributed by atoms with van der Waals surface area (Å²) in [5, 5.41) is 10.5. The van der Waals surface area contributed by atoms with E-state index in [4.69, 9.17) is 4.74 Å². The molecule has 1 aromatic carbocycles. The van der Waals surface area contributed by atoms with E-state index >= 15 is 0 Å². The second kappa shape index (κ2) is 11.5. The molecule has 7 atom stereocenters. The molecule has 7 nitrogen and oxygen atoms in total. The van der Waals surface area contributed by atoms with Gasteiger partial charge in [-0.05, 0) is 51.5 Å². The number of aliphatic hydroxyl groups is 1. The molecule has 3 unspecified atom stereocenters. The van der Waals surface area contributed by atoms with Gasteiger partial charge in [0.15, 0.2) is 0 Å². The van der Waals surface area contributed by atoms with E-state index in [9.17, 15) is 19.5 Å². The number of fused-ring (bicyclic) bond motifs is 1. The third-order valence-corrected chi connectivity index (χ3v) is 10.6. The first-order valence-corrected chi connectivity index (χ1v) is 14.8. The maximum absolute atomic E-state index is 14.6. The van der Waals surface area contributed by atoms with Crippen LogP contribution in [0.4, 0.5) is 0 Å². The van der Waals surface area contributed by atoms with E-state index in [0.717, 1.165) is 12.0 Å². The molecule has 3 aliphatic heterocycles. The third kappa shape index (κ3) is 5.06. The zero-order chi connectivity index (χ0) is 28.5. The number of nitrogens with zero attached hydrogens (tertiary/aromatic N) is 2. The summed E-state index contributed by atoms with van der Waals surface area (Å²) >= 11 is 1.62. The monoisotopic (exact) mass is 554 g/mol. The highest BCUT2D eigenvalue weighted by atomic mass is 32.2. The molecule has 1 N–H and O–H groups in total. The molecule has 0 radical (unpaired) electrons. The van der Waals surface area contributed by atoms with Gasteiger partial charge in [0, 0.05) is 17.3 Å². The van der Waals surface area contributed by atoms with Crippen LogP contribution < -0.4 is 0 Å². The number of esters is 1. The van der Waals surface area contributed by atoms with Crippen LogP contribution in [0.3, 0.4) is 0 Å². The van der Waals surface area contributed by atoms with Crippen LogP contribution in [0.1, 0.15) is 46.1 Å². The topological polar surface area (TPSA) is 87.1 Å². The van der Waals surface area contributed by atoms with Gasteiger partial charge in [-0.25, -0.2) is 0 Å². The number of benzene rings is 1. The lowest BCUT2D eigenvalue weighted by Crippen LogP contribution is -2.62. The average molecular weight is 555 g/mol. The SMILES string of the molecule is C=CCCOC(=O)[C@@H]1[C@H]2C(=O)N([C@@H](CO)Cc3ccccc3)C(C(=O)N(CC=C)C(C)(C)C)C23S[C@@H]1CC3C. The van der Waals surface area contributed by atoms with E-state index in [1.54, 1.807) is 33.7 Å². The summed E-state index contributed by atoms with van der Waals surface area (Å²) in [7, 11) is 0. The standard InChI is InChI=1S/C31H42N2O5S/c1-7-9-16-38-29(37)24-23-17-20(3)31(39-23)25(24)27(35)33(22(19-34)18-21-13-11-10-12-14-21)26(31)28(36)32(15-8-2)30(4,5)6/h7-8,10-14,20,22-26,34H,1-2,9,15-19H2,3-6H3/t20?,22-,23-,24+,25+,26?,31?/m1/s1. The van der Waals surface area contributed by atoms with E-state index in [1.165, 1.54) is 0 Å². The van der Waals surface area contributed by atoms with Crippen LogP contribution in [0.25, 0.3) is 0 Å². The van der Waals surface area contributed by atoms with Crippen molar-refractivity contribution in [1.29, 1.82) is 0 Å². The zero-order valence-corrected chi connectivity index (χ0v) is 24.4. The zero-order valence-electron chi connectivity index (χ0n) is 23.5. The minimum atomic E-state index is -0.814. The maximum atomic E-state index is 14.6. The van der Waals surface area contributed by atoms with Crippen molar-refractivity contribution in [1.82, 2.24) is 9.80 Å².